The van der Waals surface area contributed by atoms with Crippen LogP contribution in [0.5, 0.6) is 0 Å². The highest BCUT2D eigenvalue weighted by Crippen LogP contribution is 2.27. The van der Waals surface area contributed by atoms with Crippen molar-refractivity contribution in [2.75, 3.05) is 17.3 Å². The van der Waals surface area contributed by atoms with Gasteiger partial charge in [-0.25, -0.2) is 4.79 Å². The van der Waals surface area contributed by atoms with Gasteiger partial charge in [0.05, 0.1) is 0 Å². The standard InChI is InChI=1S/C29H37N3O4S/c1-9-32(27(34)23(16-17-37-8)30-28(35)36-29(5,6)7)25(22-15-10-12-19(2)18-22)26(33)31-24-20(3)13-11-14-21(24)4/h1,10-15,18,23,25H,16-17H2,2-8H3,(H,30,35)(H,31,33). The zero-order chi connectivity index (χ0) is 27.8. The lowest BCUT2D eigenvalue weighted by Gasteiger charge is -2.31. The molecule has 0 saturated carbocycles. The molecule has 2 aromatic rings. The maximum absolute atomic E-state index is 13.8. The predicted octanol–water partition coefficient (Wildman–Crippen LogP) is 5.36. The largest absolute Gasteiger partial charge is 0.444 e. The number of carbonyl (C=O) groups is 3. The van der Waals surface area contributed by atoms with Crippen LogP contribution in [0.4, 0.5) is 10.5 Å². The van der Waals surface area contributed by atoms with Gasteiger partial charge in [0.15, 0.2) is 0 Å². The molecule has 0 radical (unpaired) electrons. The van der Waals surface area contributed by atoms with Crippen LogP contribution in [0.2, 0.25) is 0 Å². The molecule has 7 nitrogen and oxygen atoms in total. The molecule has 2 rings (SSSR count). The van der Waals surface area contributed by atoms with Crippen LogP contribution < -0.4 is 10.6 Å². The fourth-order valence-corrected chi connectivity index (χ4v) is 4.31. The fourth-order valence-electron chi connectivity index (χ4n) is 3.84. The Kier molecular flexibility index (Phi) is 10.6. The highest BCUT2D eigenvalue weighted by Gasteiger charge is 2.36. The maximum Gasteiger partial charge on any atom is 0.408 e. The SMILES string of the molecule is C#CN(C(=O)C(CCSC)NC(=O)OC(C)(C)C)C(C(=O)Nc1c(C)cccc1C)c1cccc(C)c1. The van der Waals surface area contributed by atoms with Crippen LogP contribution in [0.25, 0.3) is 0 Å². The zero-order valence-corrected chi connectivity index (χ0v) is 23.5. The Labute approximate surface area is 224 Å². The number of aryl methyl sites for hydroxylation is 3. The van der Waals surface area contributed by atoms with E-state index < -0.39 is 35.6 Å². The number of hydrogen-bond acceptors (Lipinski definition) is 5. The molecule has 0 aliphatic rings. The van der Waals surface area contributed by atoms with Gasteiger partial charge < -0.3 is 15.4 Å². The van der Waals surface area contributed by atoms with Gasteiger partial charge >= 0.3 is 6.09 Å². The number of anilines is 1. The first-order valence-electron chi connectivity index (χ1n) is 12.1. The van der Waals surface area contributed by atoms with Gasteiger partial charge in [-0.2, -0.15) is 11.8 Å². The summed E-state index contributed by atoms with van der Waals surface area (Å²) in [6, 6.07) is 13.3. The molecule has 0 aliphatic heterocycles. The minimum Gasteiger partial charge on any atom is -0.444 e. The number of amides is 3. The van der Waals surface area contributed by atoms with Crippen molar-refractivity contribution in [3.05, 3.63) is 64.7 Å². The molecule has 37 heavy (non-hydrogen) atoms. The number of alkyl carbamates (subject to hydrolysis) is 1. The van der Waals surface area contributed by atoms with E-state index in [9.17, 15) is 14.4 Å². The number of thioether (sulfide) groups is 1. The third-order valence-electron chi connectivity index (χ3n) is 5.57. The lowest BCUT2D eigenvalue weighted by Crippen LogP contribution is -2.51. The molecule has 2 aromatic carbocycles. The highest BCUT2D eigenvalue weighted by molar-refractivity contribution is 7.98. The Balaban J connectivity index is 2.48. The van der Waals surface area contributed by atoms with Crippen molar-refractivity contribution >= 4 is 35.4 Å². The molecule has 2 N–H and O–H groups in total. The van der Waals surface area contributed by atoms with Crippen molar-refractivity contribution in [1.82, 2.24) is 10.2 Å². The van der Waals surface area contributed by atoms with Gasteiger partial charge in [0.25, 0.3) is 11.8 Å². The minimum absolute atomic E-state index is 0.316. The average molecular weight is 524 g/mol. The van der Waals surface area contributed by atoms with Crippen LogP contribution in [0.1, 0.15) is 55.5 Å². The molecule has 198 valence electrons. The molecule has 0 saturated heterocycles. The van der Waals surface area contributed by atoms with E-state index in [0.717, 1.165) is 21.6 Å². The van der Waals surface area contributed by atoms with Crippen molar-refractivity contribution in [2.45, 2.75) is 65.6 Å². The molecule has 0 spiro atoms. The minimum atomic E-state index is -1.12. The van der Waals surface area contributed by atoms with Gasteiger partial charge in [0, 0.05) is 11.7 Å². The topological polar surface area (TPSA) is 87.7 Å². The quantitative estimate of drug-likeness (QED) is 0.341. The average Bonchev–Trinajstić information content (AvgIpc) is 2.80. The Bertz CT molecular complexity index is 1150. The molecule has 0 bridgehead atoms. The third kappa shape index (κ3) is 8.57. The van der Waals surface area contributed by atoms with Crippen LogP contribution in [0.15, 0.2) is 42.5 Å². The summed E-state index contributed by atoms with van der Waals surface area (Å²) in [6.07, 6.45) is 7.36. The molecule has 8 heteroatoms. The zero-order valence-electron chi connectivity index (χ0n) is 22.7. The second-order valence-corrected chi connectivity index (χ2v) is 10.9. The van der Waals surface area contributed by atoms with Gasteiger partial charge in [-0.3, -0.25) is 14.5 Å². The molecular formula is C29H37N3O4S. The van der Waals surface area contributed by atoms with Gasteiger partial charge in [0.2, 0.25) is 0 Å². The molecule has 2 atom stereocenters. The van der Waals surface area contributed by atoms with Crippen molar-refractivity contribution in [3.8, 4) is 12.5 Å². The summed E-state index contributed by atoms with van der Waals surface area (Å²) in [6.45, 7) is 10.9. The summed E-state index contributed by atoms with van der Waals surface area (Å²) >= 11 is 1.53. The maximum atomic E-state index is 13.8. The van der Waals surface area contributed by atoms with Gasteiger partial charge in [0.1, 0.15) is 17.7 Å². The Morgan fingerprint density at radius 3 is 2.24 bits per heavy atom. The predicted molar refractivity (Wildman–Crippen MR) is 150 cm³/mol. The third-order valence-corrected chi connectivity index (χ3v) is 6.21. The summed E-state index contributed by atoms with van der Waals surface area (Å²) in [7, 11) is 0. The second-order valence-electron chi connectivity index (χ2n) is 9.89. The van der Waals surface area contributed by atoms with Crippen molar-refractivity contribution < 1.29 is 19.1 Å². The van der Waals surface area contributed by atoms with Crippen molar-refractivity contribution in [3.63, 3.8) is 0 Å². The van der Waals surface area contributed by atoms with Gasteiger partial charge in [-0.1, -0.05) is 54.5 Å². The monoisotopic (exact) mass is 523 g/mol. The number of rotatable bonds is 9. The molecule has 3 amide bonds. The molecule has 2 unspecified atom stereocenters. The van der Waals surface area contributed by atoms with Crippen LogP contribution in [-0.4, -0.2) is 46.5 Å². The summed E-state index contributed by atoms with van der Waals surface area (Å²) < 4.78 is 5.37. The molecular weight excluding hydrogens is 486 g/mol. The Morgan fingerprint density at radius 2 is 1.70 bits per heavy atom. The van der Waals surface area contributed by atoms with Gasteiger partial charge in [-0.05, 0) is 76.7 Å². The molecule has 0 aliphatic carbocycles. The number of ether oxygens (including phenoxy) is 1. The number of terminal acetylenes is 1. The number of hydrogen-bond donors (Lipinski definition) is 2. The molecule has 0 heterocycles. The van der Waals surface area contributed by atoms with Crippen LogP contribution in [0.3, 0.4) is 0 Å². The highest BCUT2D eigenvalue weighted by atomic mass is 32.2. The number of benzene rings is 2. The van der Waals surface area contributed by atoms with E-state index in [2.05, 4.69) is 16.7 Å². The Hall–Kier alpha value is -3.44. The van der Waals surface area contributed by atoms with E-state index in [0.29, 0.717) is 23.4 Å². The molecule has 0 aromatic heterocycles. The smallest absolute Gasteiger partial charge is 0.408 e. The first kappa shape index (κ1) is 29.8. The Morgan fingerprint density at radius 1 is 1.08 bits per heavy atom. The van der Waals surface area contributed by atoms with Crippen LogP contribution >= 0.6 is 11.8 Å². The number of carbonyl (C=O) groups excluding carboxylic acids is 3. The van der Waals surface area contributed by atoms with E-state index >= 15 is 0 Å². The molecule has 0 fully saturated rings. The lowest BCUT2D eigenvalue weighted by atomic mass is 10.0. The summed E-state index contributed by atoms with van der Waals surface area (Å²) in [4.78, 5) is 41.2. The van der Waals surface area contributed by atoms with E-state index in [1.165, 1.54) is 11.8 Å². The fraction of sp³-hybridized carbons (Fsp3) is 0.414. The summed E-state index contributed by atoms with van der Waals surface area (Å²) in [5.41, 5.74) is 3.19. The second kappa shape index (κ2) is 13.2. The lowest BCUT2D eigenvalue weighted by molar-refractivity contribution is -0.136. The van der Waals surface area contributed by atoms with E-state index in [-0.39, 0.29) is 0 Å². The number of nitrogens with one attached hydrogen (secondary N) is 2. The van der Waals surface area contributed by atoms with E-state index in [1.807, 2.05) is 63.4 Å². The van der Waals surface area contributed by atoms with Crippen LogP contribution in [-0.2, 0) is 14.3 Å². The summed E-state index contributed by atoms with van der Waals surface area (Å²) in [5, 5.41) is 5.63. The van der Waals surface area contributed by atoms with E-state index in [4.69, 9.17) is 11.2 Å². The first-order valence-corrected chi connectivity index (χ1v) is 13.5. The van der Waals surface area contributed by atoms with Gasteiger partial charge in [-0.15, -0.1) is 0 Å². The first-order chi connectivity index (χ1) is 17.4. The van der Waals surface area contributed by atoms with Crippen molar-refractivity contribution in [1.29, 1.82) is 0 Å². The summed E-state index contributed by atoms with van der Waals surface area (Å²) in [5.74, 6) is -0.422. The van der Waals surface area contributed by atoms with Crippen LogP contribution in [0, 0.1) is 33.2 Å². The number of para-hydroxylation sites is 1. The van der Waals surface area contributed by atoms with E-state index in [1.54, 1.807) is 26.8 Å². The number of nitrogens with zero attached hydrogens (tertiary/aromatic N) is 1. The normalized spacial score (nSPS) is 12.6. The van der Waals surface area contributed by atoms with Crippen molar-refractivity contribution in [2.24, 2.45) is 0 Å².